The third-order valence-corrected chi connectivity index (χ3v) is 4.38. The predicted molar refractivity (Wildman–Crippen MR) is 98.9 cm³/mol. The number of carbonyl (C=O) groups is 3. The van der Waals surface area contributed by atoms with Gasteiger partial charge in [-0.2, -0.15) is 0 Å². The highest BCUT2D eigenvalue weighted by Gasteiger charge is 2.35. The van der Waals surface area contributed by atoms with Crippen LogP contribution < -0.4 is 0 Å². The Morgan fingerprint density at radius 2 is 1.62 bits per heavy atom. The van der Waals surface area contributed by atoms with Crippen LogP contribution in [-0.4, -0.2) is 41.1 Å². The Kier molecular flexibility index (Phi) is 4.89. The van der Waals surface area contributed by atoms with E-state index in [0.717, 1.165) is 5.56 Å². The van der Waals surface area contributed by atoms with E-state index in [4.69, 9.17) is 0 Å². The van der Waals surface area contributed by atoms with E-state index in [0.29, 0.717) is 29.2 Å². The van der Waals surface area contributed by atoms with Crippen LogP contribution in [0.4, 0.5) is 0 Å². The molecule has 1 aliphatic rings. The number of hydrogen-bond acceptors (Lipinski definition) is 3. The topological polar surface area (TPSA) is 57.7 Å². The predicted octanol–water partition coefficient (Wildman–Crippen LogP) is 3.21. The van der Waals surface area contributed by atoms with Crippen molar-refractivity contribution in [3.63, 3.8) is 0 Å². The number of rotatable bonds is 5. The molecule has 0 radical (unpaired) electrons. The van der Waals surface area contributed by atoms with Gasteiger partial charge in [0.2, 0.25) is 0 Å². The Bertz CT molecular complexity index is 838. The monoisotopic (exact) mass is 350 g/mol. The van der Waals surface area contributed by atoms with Gasteiger partial charge >= 0.3 is 0 Å². The van der Waals surface area contributed by atoms with Crippen molar-refractivity contribution in [2.45, 2.75) is 20.4 Å². The summed E-state index contributed by atoms with van der Waals surface area (Å²) in [5.74, 6) is -0.271. The number of fused-ring (bicyclic) bond motifs is 1. The smallest absolute Gasteiger partial charge is 0.261 e. The molecule has 2 aromatic carbocycles. The lowest BCUT2D eigenvalue weighted by Crippen LogP contribution is -2.31. The maximum absolute atomic E-state index is 12.6. The Morgan fingerprint density at radius 1 is 1.00 bits per heavy atom. The van der Waals surface area contributed by atoms with E-state index in [-0.39, 0.29) is 24.3 Å². The molecule has 0 aromatic heterocycles. The van der Waals surface area contributed by atoms with Gasteiger partial charge < -0.3 is 4.90 Å². The standard InChI is InChI=1S/C21H22N2O3/c1-14(2)12-22(3)19(24)16-8-6-7-15(11-16)13-23-20(25)17-9-4-5-10-18(17)21(23)26/h4-11,14H,12-13H2,1-3H3. The number of hydrogen-bond donors (Lipinski definition) is 0. The summed E-state index contributed by atoms with van der Waals surface area (Å²) in [6.45, 7) is 4.94. The third kappa shape index (κ3) is 3.38. The average molecular weight is 350 g/mol. The molecule has 134 valence electrons. The highest BCUT2D eigenvalue weighted by molar-refractivity contribution is 6.21. The second kappa shape index (κ2) is 7.12. The summed E-state index contributed by atoms with van der Waals surface area (Å²) in [6, 6.07) is 13.9. The molecule has 2 aromatic rings. The molecular formula is C21H22N2O3. The number of carbonyl (C=O) groups excluding carboxylic acids is 3. The van der Waals surface area contributed by atoms with Gasteiger partial charge in [-0.3, -0.25) is 19.3 Å². The minimum Gasteiger partial charge on any atom is -0.341 e. The second-order valence-corrected chi connectivity index (χ2v) is 7.02. The maximum Gasteiger partial charge on any atom is 0.261 e. The van der Waals surface area contributed by atoms with Crippen LogP contribution in [0.15, 0.2) is 48.5 Å². The molecule has 3 amide bonds. The summed E-state index contributed by atoms with van der Waals surface area (Å²) >= 11 is 0. The van der Waals surface area contributed by atoms with Gasteiger partial charge in [0, 0.05) is 19.2 Å². The van der Waals surface area contributed by atoms with Gasteiger partial charge in [-0.05, 0) is 35.7 Å². The van der Waals surface area contributed by atoms with Crippen molar-refractivity contribution in [2.75, 3.05) is 13.6 Å². The molecule has 0 saturated heterocycles. The molecule has 1 heterocycles. The summed E-state index contributed by atoms with van der Waals surface area (Å²) in [6.07, 6.45) is 0. The van der Waals surface area contributed by atoms with Crippen LogP contribution in [0.1, 0.15) is 50.5 Å². The molecule has 5 heteroatoms. The molecule has 0 N–H and O–H groups in total. The molecule has 0 unspecified atom stereocenters. The average Bonchev–Trinajstić information content (AvgIpc) is 2.86. The van der Waals surface area contributed by atoms with Gasteiger partial charge in [-0.25, -0.2) is 0 Å². The number of amides is 3. The highest BCUT2D eigenvalue weighted by atomic mass is 16.2. The fourth-order valence-electron chi connectivity index (χ4n) is 3.22. The molecule has 0 saturated carbocycles. The molecule has 0 spiro atoms. The fraction of sp³-hybridized carbons (Fsp3) is 0.286. The quantitative estimate of drug-likeness (QED) is 0.778. The summed E-state index contributed by atoms with van der Waals surface area (Å²) in [5.41, 5.74) is 2.17. The van der Waals surface area contributed by atoms with Crippen molar-refractivity contribution in [1.29, 1.82) is 0 Å². The summed E-state index contributed by atoms with van der Waals surface area (Å²) in [7, 11) is 1.78. The van der Waals surface area contributed by atoms with Crippen molar-refractivity contribution >= 4 is 17.7 Å². The second-order valence-electron chi connectivity index (χ2n) is 7.02. The van der Waals surface area contributed by atoms with Crippen molar-refractivity contribution < 1.29 is 14.4 Å². The summed E-state index contributed by atoms with van der Waals surface area (Å²) in [5, 5.41) is 0. The first-order valence-electron chi connectivity index (χ1n) is 8.68. The molecule has 0 aliphatic carbocycles. The number of nitrogens with zero attached hydrogens (tertiary/aromatic N) is 2. The minimum absolute atomic E-state index is 0.0667. The van der Waals surface area contributed by atoms with Crippen LogP contribution in [0, 0.1) is 5.92 Å². The van der Waals surface area contributed by atoms with Gasteiger partial charge in [-0.1, -0.05) is 38.1 Å². The maximum atomic E-state index is 12.6. The van der Waals surface area contributed by atoms with Crippen LogP contribution in [0.25, 0.3) is 0 Å². The van der Waals surface area contributed by atoms with Gasteiger partial charge in [0.25, 0.3) is 17.7 Å². The lowest BCUT2D eigenvalue weighted by molar-refractivity contribution is 0.0642. The molecular weight excluding hydrogens is 328 g/mol. The van der Waals surface area contributed by atoms with Crippen molar-refractivity contribution in [3.8, 4) is 0 Å². The molecule has 5 nitrogen and oxygen atoms in total. The Morgan fingerprint density at radius 3 is 2.19 bits per heavy atom. The van der Waals surface area contributed by atoms with Gasteiger partial charge in [0.05, 0.1) is 17.7 Å². The van der Waals surface area contributed by atoms with Crippen molar-refractivity contribution in [2.24, 2.45) is 5.92 Å². The van der Waals surface area contributed by atoms with E-state index in [1.54, 1.807) is 54.4 Å². The summed E-state index contributed by atoms with van der Waals surface area (Å²) < 4.78 is 0. The first-order chi connectivity index (χ1) is 12.4. The lowest BCUT2D eigenvalue weighted by atomic mass is 10.1. The molecule has 0 atom stereocenters. The molecule has 0 fully saturated rings. The molecule has 3 rings (SSSR count). The van der Waals surface area contributed by atoms with E-state index in [1.165, 1.54) is 4.90 Å². The highest BCUT2D eigenvalue weighted by Crippen LogP contribution is 2.24. The normalized spacial score (nSPS) is 13.3. The SMILES string of the molecule is CC(C)CN(C)C(=O)c1cccc(CN2C(=O)c3ccccc3C2=O)c1. The number of imide groups is 1. The Labute approximate surface area is 153 Å². The fourth-order valence-corrected chi connectivity index (χ4v) is 3.22. The lowest BCUT2D eigenvalue weighted by Gasteiger charge is -2.20. The van der Waals surface area contributed by atoms with Crippen LogP contribution in [-0.2, 0) is 6.54 Å². The first-order valence-corrected chi connectivity index (χ1v) is 8.68. The molecule has 0 bridgehead atoms. The van der Waals surface area contributed by atoms with Crippen LogP contribution in [0.2, 0.25) is 0 Å². The van der Waals surface area contributed by atoms with Crippen molar-refractivity contribution in [1.82, 2.24) is 9.80 Å². The molecule has 1 aliphatic heterocycles. The van der Waals surface area contributed by atoms with E-state index in [9.17, 15) is 14.4 Å². The van der Waals surface area contributed by atoms with Crippen LogP contribution in [0.3, 0.4) is 0 Å². The zero-order valence-electron chi connectivity index (χ0n) is 15.2. The number of benzene rings is 2. The third-order valence-electron chi connectivity index (χ3n) is 4.38. The van der Waals surface area contributed by atoms with E-state index in [2.05, 4.69) is 13.8 Å². The Balaban J connectivity index is 1.79. The first kappa shape index (κ1) is 17.9. The Hall–Kier alpha value is -2.95. The largest absolute Gasteiger partial charge is 0.341 e. The minimum atomic E-state index is -0.292. The van der Waals surface area contributed by atoms with Crippen LogP contribution >= 0.6 is 0 Å². The summed E-state index contributed by atoms with van der Waals surface area (Å²) in [4.78, 5) is 40.4. The van der Waals surface area contributed by atoms with Gasteiger partial charge in [0.1, 0.15) is 0 Å². The van der Waals surface area contributed by atoms with Gasteiger partial charge in [-0.15, -0.1) is 0 Å². The zero-order chi connectivity index (χ0) is 18.8. The van der Waals surface area contributed by atoms with E-state index in [1.807, 2.05) is 6.07 Å². The van der Waals surface area contributed by atoms with E-state index < -0.39 is 0 Å². The van der Waals surface area contributed by atoms with Gasteiger partial charge in [0.15, 0.2) is 0 Å². The van der Waals surface area contributed by atoms with Crippen LogP contribution in [0.5, 0.6) is 0 Å². The zero-order valence-corrected chi connectivity index (χ0v) is 15.2. The molecule has 26 heavy (non-hydrogen) atoms. The van der Waals surface area contributed by atoms with Crippen molar-refractivity contribution in [3.05, 3.63) is 70.8 Å². The van der Waals surface area contributed by atoms with E-state index >= 15 is 0 Å².